The van der Waals surface area contributed by atoms with Gasteiger partial charge in [0, 0.05) is 17.0 Å². The van der Waals surface area contributed by atoms with E-state index < -0.39 is 5.97 Å². The highest BCUT2D eigenvalue weighted by Gasteiger charge is 2.35. The average Bonchev–Trinajstić information content (AvgIpc) is 2.28. The number of carboxylic acid groups (broad SMARTS) is 1. The summed E-state index contributed by atoms with van der Waals surface area (Å²) in [4.78, 5) is 10.8. The van der Waals surface area contributed by atoms with Crippen molar-refractivity contribution < 1.29 is 9.90 Å². The molecule has 0 atom stereocenters. The van der Waals surface area contributed by atoms with E-state index >= 15 is 0 Å². The van der Waals surface area contributed by atoms with Crippen molar-refractivity contribution >= 4 is 23.4 Å². The van der Waals surface area contributed by atoms with Crippen molar-refractivity contribution in [1.82, 2.24) is 0 Å². The first kappa shape index (κ1) is 12.3. The Morgan fingerprint density at radius 1 is 1.53 bits per heavy atom. The van der Waals surface area contributed by atoms with Crippen LogP contribution in [0.25, 0.3) is 0 Å². The number of rotatable bonds is 5. The monoisotopic (exact) mass is 251 g/mol. The van der Waals surface area contributed by atoms with Crippen LogP contribution < -0.4 is 5.32 Å². The van der Waals surface area contributed by atoms with Gasteiger partial charge < -0.3 is 10.4 Å². The lowest BCUT2D eigenvalue weighted by molar-refractivity contribution is 0.0697. The van der Waals surface area contributed by atoms with E-state index in [1.54, 1.807) is 18.2 Å². The minimum atomic E-state index is -0.878. The number of hydrogen-bond donors (Lipinski definition) is 2. The van der Waals surface area contributed by atoms with Crippen molar-refractivity contribution in [2.45, 2.75) is 24.0 Å². The Morgan fingerprint density at radius 3 is 2.82 bits per heavy atom. The molecular formula is C13H17NO2S. The standard InChI is InChI=1S/C13H17NO2S/c1-17-13(6-3-7-13)9-14-11-5-2-4-10(8-11)12(15)16/h2,4-5,8,14H,3,6-7,9H2,1H3,(H,15,16). The number of carboxylic acids is 1. The Bertz CT molecular complexity index is 410. The molecule has 4 heteroatoms. The SMILES string of the molecule is CSC1(CNc2cccc(C(=O)O)c2)CCC1. The van der Waals surface area contributed by atoms with Crippen LogP contribution in [0.1, 0.15) is 29.6 Å². The van der Waals surface area contributed by atoms with Gasteiger partial charge in [-0.15, -0.1) is 0 Å². The fourth-order valence-electron chi connectivity index (χ4n) is 2.05. The summed E-state index contributed by atoms with van der Waals surface area (Å²) in [7, 11) is 0. The molecule has 1 aromatic rings. The summed E-state index contributed by atoms with van der Waals surface area (Å²) in [5.41, 5.74) is 1.23. The fraction of sp³-hybridized carbons (Fsp3) is 0.462. The van der Waals surface area contributed by atoms with Gasteiger partial charge in [-0.1, -0.05) is 12.5 Å². The van der Waals surface area contributed by atoms with Gasteiger partial charge in [-0.2, -0.15) is 11.8 Å². The molecule has 0 aromatic heterocycles. The predicted molar refractivity (Wildman–Crippen MR) is 72.0 cm³/mol. The van der Waals surface area contributed by atoms with Gasteiger partial charge in [0.25, 0.3) is 0 Å². The molecule has 0 spiro atoms. The minimum absolute atomic E-state index is 0.335. The summed E-state index contributed by atoms with van der Waals surface area (Å²) in [6, 6.07) is 6.99. The van der Waals surface area contributed by atoms with Crippen LogP contribution in [0.15, 0.2) is 24.3 Å². The molecule has 92 valence electrons. The lowest BCUT2D eigenvalue weighted by Crippen LogP contribution is -2.40. The lowest BCUT2D eigenvalue weighted by atomic mass is 9.84. The average molecular weight is 251 g/mol. The number of thioether (sulfide) groups is 1. The topological polar surface area (TPSA) is 49.3 Å². The molecule has 0 unspecified atom stereocenters. The van der Waals surface area contributed by atoms with Crippen molar-refractivity contribution in [3.63, 3.8) is 0 Å². The van der Waals surface area contributed by atoms with Gasteiger partial charge in [0.15, 0.2) is 0 Å². The Morgan fingerprint density at radius 2 is 2.29 bits per heavy atom. The van der Waals surface area contributed by atoms with Crippen molar-refractivity contribution in [3.05, 3.63) is 29.8 Å². The second-order valence-corrected chi connectivity index (χ2v) is 5.75. The molecule has 1 aromatic carbocycles. The van der Waals surface area contributed by atoms with E-state index in [0.717, 1.165) is 12.2 Å². The summed E-state index contributed by atoms with van der Waals surface area (Å²) in [5.74, 6) is -0.878. The third-order valence-corrected chi connectivity index (χ3v) is 4.84. The molecule has 1 fully saturated rings. The maximum atomic E-state index is 10.8. The fourth-order valence-corrected chi connectivity index (χ4v) is 2.96. The molecule has 1 aliphatic rings. The summed E-state index contributed by atoms with van der Waals surface area (Å²) < 4.78 is 0.360. The normalized spacial score (nSPS) is 17.2. The van der Waals surface area contributed by atoms with Crippen LogP contribution >= 0.6 is 11.8 Å². The van der Waals surface area contributed by atoms with E-state index in [1.807, 2.05) is 17.8 Å². The summed E-state index contributed by atoms with van der Waals surface area (Å²) in [6.07, 6.45) is 5.95. The molecule has 0 aliphatic heterocycles. The quantitative estimate of drug-likeness (QED) is 0.844. The second kappa shape index (κ2) is 5.00. The second-order valence-electron chi connectivity index (χ2n) is 4.48. The first-order valence-corrected chi connectivity index (χ1v) is 7.00. The van der Waals surface area contributed by atoms with Crippen molar-refractivity contribution in [3.8, 4) is 0 Å². The van der Waals surface area contributed by atoms with Gasteiger partial charge in [0.2, 0.25) is 0 Å². The van der Waals surface area contributed by atoms with Crippen LogP contribution in [0.4, 0.5) is 5.69 Å². The zero-order valence-corrected chi connectivity index (χ0v) is 10.7. The molecule has 0 bridgehead atoms. The first-order valence-electron chi connectivity index (χ1n) is 5.78. The Hall–Kier alpha value is -1.16. The van der Waals surface area contributed by atoms with Crippen LogP contribution in [0.3, 0.4) is 0 Å². The highest BCUT2D eigenvalue weighted by Crippen LogP contribution is 2.42. The first-order chi connectivity index (χ1) is 8.15. The van der Waals surface area contributed by atoms with Crippen LogP contribution in [-0.2, 0) is 0 Å². The van der Waals surface area contributed by atoms with E-state index in [4.69, 9.17) is 5.11 Å². The Labute approximate surface area is 106 Å². The third-order valence-electron chi connectivity index (χ3n) is 3.42. The van der Waals surface area contributed by atoms with Crippen LogP contribution in [0.2, 0.25) is 0 Å². The molecule has 1 saturated carbocycles. The maximum absolute atomic E-state index is 10.8. The lowest BCUT2D eigenvalue weighted by Gasteiger charge is -2.40. The van der Waals surface area contributed by atoms with Gasteiger partial charge >= 0.3 is 5.97 Å². The molecule has 3 nitrogen and oxygen atoms in total. The summed E-state index contributed by atoms with van der Waals surface area (Å²) >= 11 is 1.91. The summed E-state index contributed by atoms with van der Waals surface area (Å²) in [6.45, 7) is 0.914. The summed E-state index contributed by atoms with van der Waals surface area (Å²) in [5, 5.41) is 12.3. The van der Waals surface area contributed by atoms with Gasteiger partial charge in [-0.3, -0.25) is 0 Å². The molecule has 1 aliphatic carbocycles. The van der Waals surface area contributed by atoms with Gasteiger partial charge in [0.05, 0.1) is 5.56 Å². The molecule has 17 heavy (non-hydrogen) atoms. The number of carbonyl (C=O) groups is 1. The highest BCUT2D eigenvalue weighted by atomic mass is 32.2. The van der Waals surface area contributed by atoms with Crippen molar-refractivity contribution in [1.29, 1.82) is 0 Å². The predicted octanol–water partition coefficient (Wildman–Crippen LogP) is 3.08. The smallest absolute Gasteiger partial charge is 0.335 e. The number of anilines is 1. The molecule has 2 rings (SSSR count). The van der Waals surface area contributed by atoms with Crippen molar-refractivity contribution in [2.24, 2.45) is 0 Å². The van der Waals surface area contributed by atoms with Crippen molar-refractivity contribution in [2.75, 3.05) is 18.1 Å². The third kappa shape index (κ3) is 2.75. The molecule has 2 N–H and O–H groups in total. The highest BCUT2D eigenvalue weighted by molar-refractivity contribution is 8.00. The molecule has 0 heterocycles. The Balaban J connectivity index is 1.99. The molecule has 0 saturated heterocycles. The zero-order valence-electron chi connectivity index (χ0n) is 9.90. The van der Waals surface area contributed by atoms with E-state index in [-0.39, 0.29) is 0 Å². The number of benzene rings is 1. The number of hydrogen-bond acceptors (Lipinski definition) is 3. The van der Waals surface area contributed by atoms with E-state index in [2.05, 4.69) is 11.6 Å². The maximum Gasteiger partial charge on any atom is 0.335 e. The zero-order chi connectivity index (χ0) is 12.3. The molecule has 0 radical (unpaired) electrons. The number of nitrogens with one attached hydrogen (secondary N) is 1. The van der Waals surface area contributed by atoms with Gasteiger partial charge in [-0.05, 0) is 37.3 Å². The van der Waals surface area contributed by atoms with Crippen LogP contribution in [0.5, 0.6) is 0 Å². The van der Waals surface area contributed by atoms with Gasteiger partial charge in [0.1, 0.15) is 0 Å². The number of aromatic carboxylic acids is 1. The molecular weight excluding hydrogens is 234 g/mol. The largest absolute Gasteiger partial charge is 0.478 e. The molecule has 0 amide bonds. The van der Waals surface area contributed by atoms with E-state index in [1.165, 1.54) is 19.3 Å². The van der Waals surface area contributed by atoms with Gasteiger partial charge in [-0.25, -0.2) is 4.79 Å². The Kier molecular flexibility index (Phi) is 3.62. The minimum Gasteiger partial charge on any atom is -0.478 e. The van der Waals surface area contributed by atoms with Crippen LogP contribution in [-0.4, -0.2) is 28.6 Å². The van der Waals surface area contributed by atoms with E-state index in [9.17, 15) is 4.79 Å². The van der Waals surface area contributed by atoms with E-state index in [0.29, 0.717) is 10.3 Å². The van der Waals surface area contributed by atoms with Crippen LogP contribution in [0, 0.1) is 0 Å².